The fraction of sp³-hybridized carbons (Fsp3) is 0.579. The molecule has 1 aromatic rings. The molecule has 3 rings (SSSR count). The van der Waals surface area contributed by atoms with Gasteiger partial charge >= 0.3 is 0 Å². The summed E-state index contributed by atoms with van der Waals surface area (Å²) in [5, 5.41) is 21.3. The van der Waals surface area contributed by atoms with Gasteiger partial charge in [0, 0.05) is 31.9 Å². The van der Waals surface area contributed by atoms with Crippen molar-refractivity contribution in [2.75, 3.05) is 25.0 Å². The molecule has 0 radical (unpaired) electrons. The van der Waals surface area contributed by atoms with E-state index < -0.39 is 0 Å². The Morgan fingerprint density at radius 3 is 2.92 bits per heavy atom. The van der Waals surface area contributed by atoms with Gasteiger partial charge in [-0.25, -0.2) is 4.98 Å². The van der Waals surface area contributed by atoms with Crippen LogP contribution in [0.25, 0.3) is 0 Å². The Kier molecular flexibility index (Phi) is 5.70. The van der Waals surface area contributed by atoms with Crippen LogP contribution in [0.4, 0.5) is 5.82 Å². The summed E-state index contributed by atoms with van der Waals surface area (Å²) in [5.74, 6) is 0.888. The number of nitrogens with zero attached hydrogens (tertiary/aromatic N) is 5. The van der Waals surface area contributed by atoms with Crippen molar-refractivity contribution in [2.45, 2.75) is 50.2 Å². The van der Waals surface area contributed by atoms with Crippen LogP contribution in [0.15, 0.2) is 18.3 Å². The molecule has 1 aromatic heterocycles. The molecule has 1 N–H and O–H groups in total. The quantitative estimate of drug-likeness (QED) is 0.861. The van der Waals surface area contributed by atoms with Gasteiger partial charge in [-0.3, -0.25) is 4.79 Å². The summed E-state index contributed by atoms with van der Waals surface area (Å²) in [4.78, 5) is 20.5. The van der Waals surface area contributed by atoms with Gasteiger partial charge in [0.05, 0.1) is 18.2 Å². The number of hydrogen-bond acceptors (Lipinski definition) is 6. The lowest BCUT2D eigenvalue weighted by Gasteiger charge is -2.26. The average Bonchev–Trinajstić information content (AvgIpc) is 3.34. The Balaban J connectivity index is 1.48. The molecule has 0 spiro atoms. The van der Waals surface area contributed by atoms with E-state index in [0.29, 0.717) is 30.7 Å². The lowest BCUT2D eigenvalue weighted by molar-refractivity contribution is -0.130. The second kappa shape index (κ2) is 8.16. The summed E-state index contributed by atoms with van der Waals surface area (Å²) in [7, 11) is 2.02. The first-order valence-corrected chi connectivity index (χ1v) is 9.14. The van der Waals surface area contributed by atoms with Crippen molar-refractivity contribution in [2.24, 2.45) is 0 Å². The Hall–Kier alpha value is -2.64. The van der Waals surface area contributed by atoms with Crippen LogP contribution in [0.3, 0.4) is 0 Å². The smallest absolute Gasteiger partial charge is 0.237 e. The second-order valence-corrected chi connectivity index (χ2v) is 7.05. The van der Waals surface area contributed by atoms with Crippen LogP contribution in [-0.4, -0.2) is 54.1 Å². The van der Waals surface area contributed by atoms with Gasteiger partial charge in [0.1, 0.15) is 17.9 Å². The highest BCUT2D eigenvalue weighted by atomic mass is 16.2. The lowest BCUT2D eigenvalue weighted by atomic mass is 10.2. The summed E-state index contributed by atoms with van der Waals surface area (Å²) in [6, 6.07) is 8.36. The molecule has 136 valence electrons. The van der Waals surface area contributed by atoms with E-state index in [4.69, 9.17) is 10.5 Å². The molecule has 2 fully saturated rings. The maximum Gasteiger partial charge on any atom is 0.237 e. The van der Waals surface area contributed by atoms with Gasteiger partial charge < -0.3 is 15.1 Å². The monoisotopic (exact) mass is 352 g/mol. The van der Waals surface area contributed by atoms with Gasteiger partial charge in [-0.2, -0.15) is 10.5 Å². The van der Waals surface area contributed by atoms with Crippen LogP contribution in [-0.2, 0) is 4.79 Å². The van der Waals surface area contributed by atoms with Crippen LogP contribution in [0.5, 0.6) is 0 Å². The maximum absolute atomic E-state index is 12.3. The fourth-order valence-corrected chi connectivity index (χ4v) is 3.88. The van der Waals surface area contributed by atoms with E-state index in [1.165, 1.54) is 0 Å². The zero-order valence-electron chi connectivity index (χ0n) is 15.1. The van der Waals surface area contributed by atoms with Crippen molar-refractivity contribution in [3.8, 4) is 12.1 Å². The fourth-order valence-electron chi connectivity index (χ4n) is 3.88. The van der Waals surface area contributed by atoms with E-state index in [1.54, 1.807) is 17.2 Å². The first-order valence-electron chi connectivity index (χ1n) is 9.14. The van der Waals surface area contributed by atoms with E-state index in [-0.39, 0.29) is 11.9 Å². The molecule has 2 aliphatic rings. The highest BCUT2D eigenvalue weighted by molar-refractivity contribution is 5.79. The molecule has 3 atom stereocenters. The molecule has 0 bridgehead atoms. The number of rotatable bonds is 5. The number of aromatic nitrogens is 1. The standard InChI is InChI=1S/C19H24N6O/c1-24(18-7-4-14(10-20)12-23-18)16-6-5-15(9-16)22-13-19(26)25-8-2-3-17(25)11-21/h4,7,12,15-17,22H,2-3,5-6,8-9,13H2,1H3/t15-,16?,17+/m1/s1. The van der Waals surface area contributed by atoms with E-state index in [1.807, 2.05) is 13.1 Å². The van der Waals surface area contributed by atoms with Crippen LogP contribution in [0.1, 0.15) is 37.7 Å². The minimum absolute atomic E-state index is 0.0274. The van der Waals surface area contributed by atoms with Gasteiger partial charge in [-0.05, 0) is 44.2 Å². The number of pyridine rings is 1. The van der Waals surface area contributed by atoms with Crippen LogP contribution in [0.2, 0.25) is 0 Å². The maximum atomic E-state index is 12.3. The van der Waals surface area contributed by atoms with Crippen LogP contribution in [0, 0.1) is 22.7 Å². The highest BCUT2D eigenvalue weighted by Crippen LogP contribution is 2.26. The van der Waals surface area contributed by atoms with Gasteiger partial charge in [0.2, 0.25) is 5.91 Å². The van der Waals surface area contributed by atoms with Gasteiger partial charge in [-0.1, -0.05) is 0 Å². The molecular formula is C19H24N6O. The van der Waals surface area contributed by atoms with E-state index in [2.05, 4.69) is 27.3 Å². The third-order valence-electron chi connectivity index (χ3n) is 5.46. The Morgan fingerprint density at radius 2 is 2.23 bits per heavy atom. The molecule has 1 unspecified atom stereocenters. The topological polar surface area (TPSA) is 96.1 Å². The Bertz CT molecular complexity index is 719. The summed E-state index contributed by atoms with van der Waals surface area (Å²) >= 11 is 0. The zero-order valence-corrected chi connectivity index (χ0v) is 15.1. The molecule has 7 nitrogen and oxygen atoms in total. The number of carbonyl (C=O) groups excluding carboxylic acids is 1. The number of nitrogens with one attached hydrogen (secondary N) is 1. The van der Waals surface area contributed by atoms with Gasteiger partial charge in [0.15, 0.2) is 0 Å². The molecule has 1 aliphatic heterocycles. The van der Waals surface area contributed by atoms with Crippen molar-refractivity contribution in [3.05, 3.63) is 23.9 Å². The number of likely N-dealkylation sites (tertiary alicyclic amines) is 1. The normalized spacial score (nSPS) is 24.9. The van der Waals surface area contributed by atoms with Gasteiger partial charge in [0.25, 0.3) is 0 Å². The summed E-state index contributed by atoms with van der Waals surface area (Å²) < 4.78 is 0. The zero-order chi connectivity index (χ0) is 18.5. The van der Waals surface area contributed by atoms with Crippen LogP contribution >= 0.6 is 0 Å². The van der Waals surface area contributed by atoms with Crippen molar-refractivity contribution in [1.29, 1.82) is 10.5 Å². The highest BCUT2D eigenvalue weighted by Gasteiger charge is 2.31. The molecule has 1 saturated carbocycles. The minimum Gasteiger partial charge on any atom is -0.357 e. The molecule has 0 aromatic carbocycles. The largest absolute Gasteiger partial charge is 0.357 e. The molecule has 1 amide bonds. The molecular weight excluding hydrogens is 328 g/mol. The van der Waals surface area contributed by atoms with Crippen molar-refractivity contribution < 1.29 is 4.79 Å². The predicted molar refractivity (Wildman–Crippen MR) is 97.1 cm³/mol. The molecule has 26 heavy (non-hydrogen) atoms. The number of amides is 1. The summed E-state index contributed by atoms with van der Waals surface area (Å²) in [6.07, 6.45) is 6.30. The average molecular weight is 352 g/mol. The second-order valence-electron chi connectivity index (χ2n) is 7.05. The van der Waals surface area contributed by atoms with Crippen molar-refractivity contribution in [1.82, 2.24) is 15.2 Å². The third kappa shape index (κ3) is 3.95. The first-order chi connectivity index (χ1) is 12.6. The first kappa shape index (κ1) is 18.2. The molecule has 7 heteroatoms. The van der Waals surface area contributed by atoms with Crippen LogP contribution < -0.4 is 10.2 Å². The third-order valence-corrected chi connectivity index (χ3v) is 5.46. The number of carbonyl (C=O) groups is 1. The summed E-state index contributed by atoms with van der Waals surface area (Å²) in [6.45, 7) is 0.994. The number of hydrogen-bond donors (Lipinski definition) is 1. The van der Waals surface area contributed by atoms with Crippen molar-refractivity contribution in [3.63, 3.8) is 0 Å². The minimum atomic E-state index is -0.255. The Labute approximate surface area is 154 Å². The lowest BCUT2D eigenvalue weighted by Crippen LogP contribution is -2.43. The van der Waals surface area contributed by atoms with Crippen molar-refractivity contribution >= 4 is 11.7 Å². The number of anilines is 1. The van der Waals surface area contributed by atoms with Gasteiger partial charge in [-0.15, -0.1) is 0 Å². The predicted octanol–water partition coefficient (Wildman–Crippen LogP) is 1.41. The molecule has 1 saturated heterocycles. The SMILES string of the molecule is CN(c1ccc(C#N)cn1)C1CC[C@@H](NCC(=O)N2CCC[C@H]2C#N)C1. The molecule has 2 heterocycles. The summed E-state index contributed by atoms with van der Waals surface area (Å²) in [5.41, 5.74) is 0.559. The van der Waals surface area contributed by atoms with E-state index in [0.717, 1.165) is 37.9 Å². The Morgan fingerprint density at radius 1 is 1.38 bits per heavy atom. The van der Waals surface area contributed by atoms with E-state index >= 15 is 0 Å². The molecule has 1 aliphatic carbocycles. The number of nitriles is 2. The van der Waals surface area contributed by atoms with E-state index in [9.17, 15) is 4.79 Å².